The van der Waals surface area contributed by atoms with E-state index in [2.05, 4.69) is 11.8 Å². The molecule has 0 aliphatic carbocycles. The van der Waals surface area contributed by atoms with Crippen molar-refractivity contribution in [3.05, 3.63) is 58.6 Å². The average Bonchev–Trinajstić information content (AvgIpc) is 2.46. The van der Waals surface area contributed by atoms with Crippen LogP contribution in [-0.4, -0.2) is 13.2 Å². The van der Waals surface area contributed by atoms with E-state index in [-0.39, 0.29) is 13.2 Å². The zero-order valence-corrected chi connectivity index (χ0v) is 12.1. The molecule has 0 radical (unpaired) electrons. The predicted octanol–water partition coefficient (Wildman–Crippen LogP) is 4.45. The summed E-state index contributed by atoms with van der Waals surface area (Å²) in [5.41, 5.74) is 0. The van der Waals surface area contributed by atoms with Gasteiger partial charge >= 0.3 is 0 Å². The molecule has 0 amide bonds. The van der Waals surface area contributed by atoms with Gasteiger partial charge in [-0.1, -0.05) is 59.3 Å². The van der Waals surface area contributed by atoms with Gasteiger partial charge in [0.05, 0.1) is 10.0 Å². The third-order valence-corrected chi connectivity index (χ3v) is 3.02. The summed E-state index contributed by atoms with van der Waals surface area (Å²) >= 11 is 11.9. The van der Waals surface area contributed by atoms with Crippen molar-refractivity contribution in [1.29, 1.82) is 0 Å². The highest BCUT2D eigenvalue weighted by molar-refractivity contribution is 6.32. The van der Waals surface area contributed by atoms with Gasteiger partial charge in [0, 0.05) is 0 Å². The molecule has 0 N–H and O–H groups in total. The van der Waals surface area contributed by atoms with Crippen molar-refractivity contribution in [2.75, 3.05) is 13.2 Å². The molecule has 0 heterocycles. The maximum atomic E-state index is 5.95. The summed E-state index contributed by atoms with van der Waals surface area (Å²) in [5.74, 6) is 6.95. The van der Waals surface area contributed by atoms with E-state index in [1.165, 1.54) is 0 Å². The van der Waals surface area contributed by atoms with Crippen LogP contribution in [0.3, 0.4) is 0 Å². The van der Waals surface area contributed by atoms with Crippen LogP contribution in [0.2, 0.25) is 10.0 Å². The molecule has 0 saturated carbocycles. The molecule has 0 fully saturated rings. The number of hydrogen-bond acceptors (Lipinski definition) is 2. The van der Waals surface area contributed by atoms with Crippen molar-refractivity contribution >= 4 is 23.2 Å². The van der Waals surface area contributed by atoms with E-state index in [1.807, 2.05) is 24.3 Å². The quantitative estimate of drug-likeness (QED) is 0.777. The van der Waals surface area contributed by atoms with Crippen LogP contribution in [0.15, 0.2) is 48.5 Å². The number of para-hydroxylation sites is 2. The molecule has 0 spiro atoms. The highest BCUT2D eigenvalue weighted by atomic mass is 35.5. The lowest BCUT2D eigenvalue weighted by Crippen LogP contribution is -1.97. The summed E-state index contributed by atoms with van der Waals surface area (Å²) in [6, 6.07) is 14.5. The molecule has 0 aliphatic rings. The molecule has 2 nitrogen and oxygen atoms in total. The number of ether oxygens (including phenoxy) is 2. The highest BCUT2D eigenvalue weighted by Crippen LogP contribution is 2.23. The largest absolute Gasteiger partial charge is 0.479 e. The molecule has 0 unspecified atom stereocenters. The van der Waals surface area contributed by atoms with Gasteiger partial charge in [-0.3, -0.25) is 0 Å². The Balaban J connectivity index is 1.76. The van der Waals surface area contributed by atoms with Gasteiger partial charge in [0.15, 0.2) is 0 Å². The fourth-order valence-electron chi connectivity index (χ4n) is 1.45. The summed E-state index contributed by atoms with van der Waals surface area (Å²) < 4.78 is 10.9. The SMILES string of the molecule is Clc1ccccc1OCC#CCOc1ccccc1Cl. The van der Waals surface area contributed by atoms with E-state index in [9.17, 15) is 0 Å². The molecule has 0 saturated heterocycles. The van der Waals surface area contributed by atoms with Crippen LogP contribution in [-0.2, 0) is 0 Å². The summed E-state index contributed by atoms with van der Waals surface area (Å²) in [7, 11) is 0. The lowest BCUT2D eigenvalue weighted by molar-refractivity contribution is 0.362. The van der Waals surface area contributed by atoms with Gasteiger partial charge in [0.25, 0.3) is 0 Å². The van der Waals surface area contributed by atoms with Gasteiger partial charge in [0.1, 0.15) is 24.7 Å². The fraction of sp³-hybridized carbons (Fsp3) is 0.125. The maximum Gasteiger partial charge on any atom is 0.149 e. The molecular formula is C16H12Cl2O2. The number of rotatable bonds is 4. The van der Waals surface area contributed by atoms with Gasteiger partial charge in [-0.2, -0.15) is 0 Å². The Labute approximate surface area is 128 Å². The summed E-state index contributed by atoms with van der Waals surface area (Å²) in [6.45, 7) is 0.519. The van der Waals surface area contributed by atoms with Gasteiger partial charge in [-0.25, -0.2) is 0 Å². The number of halogens is 2. The number of hydrogen-bond donors (Lipinski definition) is 0. The molecule has 0 aromatic heterocycles. The first-order valence-electron chi connectivity index (χ1n) is 5.98. The lowest BCUT2D eigenvalue weighted by Gasteiger charge is -2.04. The molecule has 0 aliphatic heterocycles. The lowest BCUT2D eigenvalue weighted by atomic mass is 10.3. The van der Waals surface area contributed by atoms with Crippen molar-refractivity contribution in [3.8, 4) is 23.3 Å². The standard InChI is InChI=1S/C16H12Cl2O2/c17-13-7-1-3-9-15(13)19-11-5-6-12-20-16-10-4-2-8-14(16)18/h1-4,7-10H,11-12H2. The van der Waals surface area contributed by atoms with E-state index in [1.54, 1.807) is 24.3 Å². The van der Waals surface area contributed by atoms with Gasteiger partial charge in [-0.15, -0.1) is 0 Å². The molecule has 102 valence electrons. The number of benzene rings is 2. The smallest absolute Gasteiger partial charge is 0.149 e. The third-order valence-electron chi connectivity index (χ3n) is 2.40. The van der Waals surface area contributed by atoms with E-state index in [0.717, 1.165) is 0 Å². The highest BCUT2D eigenvalue weighted by Gasteiger charge is 1.98. The Morgan fingerprint density at radius 3 is 1.50 bits per heavy atom. The Kier molecular flexibility index (Phi) is 5.61. The van der Waals surface area contributed by atoms with Crippen LogP contribution in [0.4, 0.5) is 0 Å². The predicted molar refractivity (Wildman–Crippen MR) is 81.7 cm³/mol. The minimum atomic E-state index is 0.260. The van der Waals surface area contributed by atoms with E-state index in [4.69, 9.17) is 32.7 Å². The summed E-state index contributed by atoms with van der Waals surface area (Å²) in [6.07, 6.45) is 0. The van der Waals surface area contributed by atoms with Gasteiger partial charge in [-0.05, 0) is 24.3 Å². The first kappa shape index (κ1) is 14.6. The molecule has 2 aromatic rings. The zero-order valence-electron chi connectivity index (χ0n) is 10.6. The topological polar surface area (TPSA) is 18.5 Å². The van der Waals surface area contributed by atoms with Gasteiger partial charge in [0.2, 0.25) is 0 Å². The molecule has 2 rings (SSSR count). The van der Waals surface area contributed by atoms with Crippen molar-refractivity contribution in [2.24, 2.45) is 0 Å². The second-order valence-electron chi connectivity index (χ2n) is 3.79. The first-order chi connectivity index (χ1) is 9.77. The molecule has 20 heavy (non-hydrogen) atoms. The first-order valence-corrected chi connectivity index (χ1v) is 6.73. The van der Waals surface area contributed by atoms with Crippen LogP contribution >= 0.6 is 23.2 Å². The monoisotopic (exact) mass is 306 g/mol. The van der Waals surface area contributed by atoms with Crippen LogP contribution in [0.5, 0.6) is 11.5 Å². The van der Waals surface area contributed by atoms with Crippen molar-refractivity contribution in [3.63, 3.8) is 0 Å². The third kappa shape index (κ3) is 4.38. The second-order valence-corrected chi connectivity index (χ2v) is 4.61. The molecule has 0 bridgehead atoms. The normalized spacial score (nSPS) is 9.50. The second kappa shape index (κ2) is 7.69. The molecule has 4 heteroatoms. The van der Waals surface area contributed by atoms with E-state index in [0.29, 0.717) is 21.5 Å². The van der Waals surface area contributed by atoms with Crippen LogP contribution in [0, 0.1) is 11.8 Å². The Hall–Kier alpha value is -1.82. The molecular weight excluding hydrogens is 295 g/mol. The molecule has 2 aromatic carbocycles. The summed E-state index contributed by atoms with van der Waals surface area (Å²) in [5, 5.41) is 1.14. The van der Waals surface area contributed by atoms with Crippen LogP contribution < -0.4 is 9.47 Å². The Bertz CT molecular complexity index is 576. The van der Waals surface area contributed by atoms with Crippen molar-refractivity contribution < 1.29 is 9.47 Å². The average molecular weight is 307 g/mol. The van der Waals surface area contributed by atoms with Crippen molar-refractivity contribution in [2.45, 2.75) is 0 Å². The van der Waals surface area contributed by atoms with Crippen molar-refractivity contribution in [1.82, 2.24) is 0 Å². The fourth-order valence-corrected chi connectivity index (χ4v) is 1.83. The minimum absolute atomic E-state index is 0.260. The Morgan fingerprint density at radius 1 is 0.700 bits per heavy atom. The van der Waals surface area contributed by atoms with Crippen LogP contribution in [0.1, 0.15) is 0 Å². The van der Waals surface area contributed by atoms with E-state index < -0.39 is 0 Å². The Morgan fingerprint density at radius 2 is 1.10 bits per heavy atom. The van der Waals surface area contributed by atoms with Crippen LogP contribution in [0.25, 0.3) is 0 Å². The molecule has 0 atom stereocenters. The minimum Gasteiger partial charge on any atom is -0.479 e. The zero-order chi connectivity index (χ0) is 14.2. The van der Waals surface area contributed by atoms with E-state index >= 15 is 0 Å². The maximum absolute atomic E-state index is 5.95. The van der Waals surface area contributed by atoms with Gasteiger partial charge < -0.3 is 9.47 Å². The summed E-state index contributed by atoms with van der Waals surface area (Å²) in [4.78, 5) is 0.